The number of carbonyl (C=O) groups is 1. The number of rotatable bonds is 5. The van der Waals surface area contributed by atoms with Gasteiger partial charge in [0.25, 0.3) is 0 Å². The number of urea groups is 1. The lowest BCUT2D eigenvalue weighted by atomic mass is 10.1. The first-order valence-electron chi connectivity index (χ1n) is 6.33. The van der Waals surface area contributed by atoms with Crippen LogP contribution in [0.15, 0.2) is 24.3 Å². The van der Waals surface area contributed by atoms with Gasteiger partial charge >= 0.3 is 6.03 Å². The van der Waals surface area contributed by atoms with E-state index in [1.807, 2.05) is 45.0 Å². The SMILES string of the molecule is CCC(C)NC(=O)NC(C)Cc1ccccc1Cl. The summed E-state index contributed by atoms with van der Waals surface area (Å²) in [5.41, 5.74) is 1.05. The van der Waals surface area contributed by atoms with E-state index in [1.165, 1.54) is 0 Å². The molecule has 4 heteroatoms. The predicted octanol–water partition coefficient (Wildman–Crippen LogP) is 3.37. The molecule has 2 atom stereocenters. The van der Waals surface area contributed by atoms with Gasteiger partial charge in [0, 0.05) is 17.1 Å². The van der Waals surface area contributed by atoms with Gasteiger partial charge in [-0.1, -0.05) is 36.7 Å². The fourth-order valence-corrected chi connectivity index (χ4v) is 1.85. The summed E-state index contributed by atoms with van der Waals surface area (Å²) in [6, 6.07) is 7.82. The van der Waals surface area contributed by atoms with E-state index in [-0.39, 0.29) is 18.1 Å². The van der Waals surface area contributed by atoms with Crippen molar-refractivity contribution < 1.29 is 4.79 Å². The third-order valence-electron chi connectivity index (χ3n) is 2.85. The fourth-order valence-electron chi connectivity index (χ4n) is 1.64. The van der Waals surface area contributed by atoms with E-state index in [2.05, 4.69) is 10.6 Å². The maximum Gasteiger partial charge on any atom is 0.315 e. The number of carbonyl (C=O) groups excluding carboxylic acids is 1. The van der Waals surface area contributed by atoms with E-state index >= 15 is 0 Å². The van der Waals surface area contributed by atoms with Crippen LogP contribution < -0.4 is 10.6 Å². The Labute approximate surface area is 114 Å². The van der Waals surface area contributed by atoms with Crippen molar-refractivity contribution in [2.24, 2.45) is 0 Å². The summed E-state index contributed by atoms with van der Waals surface area (Å²) in [5, 5.41) is 6.53. The van der Waals surface area contributed by atoms with Crippen LogP contribution in [0, 0.1) is 0 Å². The highest BCUT2D eigenvalue weighted by atomic mass is 35.5. The van der Waals surface area contributed by atoms with Crippen LogP contribution >= 0.6 is 11.6 Å². The topological polar surface area (TPSA) is 41.1 Å². The minimum Gasteiger partial charge on any atom is -0.336 e. The molecule has 0 spiro atoms. The van der Waals surface area contributed by atoms with Crippen LogP contribution in [0.2, 0.25) is 5.02 Å². The minimum absolute atomic E-state index is 0.0500. The van der Waals surface area contributed by atoms with Gasteiger partial charge in [0.15, 0.2) is 0 Å². The van der Waals surface area contributed by atoms with Crippen LogP contribution in [0.3, 0.4) is 0 Å². The summed E-state index contributed by atoms with van der Waals surface area (Å²) in [5.74, 6) is 0. The lowest BCUT2D eigenvalue weighted by molar-refractivity contribution is 0.234. The zero-order valence-corrected chi connectivity index (χ0v) is 11.9. The Hall–Kier alpha value is -1.22. The number of hydrogen-bond donors (Lipinski definition) is 2. The van der Waals surface area contributed by atoms with Crippen molar-refractivity contribution in [3.05, 3.63) is 34.9 Å². The summed E-state index contributed by atoms with van der Waals surface area (Å²) in [7, 11) is 0. The second kappa shape index (κ2) is 7.27. The molecule has 0 aromatic heterocycles. The number of benzene rings is 1. The Morgan fingerprint density at radius 1 is 1.22 bits per heavy atom. The van der Waals surface area contributed by atoms with Crippen LogP contribution in [0.5, 0.6) is 0 Å². The van der Waals surface area contributed by atoms with Crippen LogP contribution in [-0.4, -0.2) is 18.1 Å². The molecule has 0 bridgehead atoms. The Balaban J connectivity index is 2.44. The Morgan fingerprint density at radius 3 is 2.44 bits per heavy atom. The van der Waals surface area contributed by atoms with Gasteiger partial charge in [0.1, 0.15) is 0 Å². The highest BCUT2D eigenvalue weighted by molar-refractivity contribution is 6.31. The molecule has 18 heavy (non-hydrogen) atoms. The molecule has 0 saturated heterocycles. The maximum absolute atomic E-state index is 11.6. The average Bonchev–Trinajstić information content (AvgIpc) is 2.31. The quantitative estimate of drug-likeness (QED) is 0.845. The molecule has 2 unspecified atom stereocenters. The molecule has 3 nitrogen and oxygen atoms in total. The summed E-state index contributed by atoms with van der Waals surface area (Å²) in [6.45, 7) is 6.00. The molecular formula is C14H21ClN2O. The first kappa shape index (κ1) is 14.8. The van der Waals surface area contributed by atoms with Crippen LogP contribution in [-0.2, 0) is 6.42 Å². The predicted molar refractivity (Wildman–Crippen MR) is 76.0 cm³/mol. The van der Waals surface area contributed by atoms with E-state index in [0.29, 0.717) is 0 Å². The molecule has 0 aliphatic carbocycles. The average molecular weight is 269 g/mol. The molecule has 0 aliphatic heterocycles. The number of halogens is 1. The summed E-state index contributed by atoms with van der Waals surface area (Å²) in [4.78, 5) is 11.6. The lowest BCUT2D eigenvalue weighted by Crippen LogP contribution is -2.44. The van der Waals surface area contributed by atoms with Crippen molar-refractivity contribution in [1.82, 2.24) is 10.6 Å². The number of hydrogen-bond acceptors (Lipinski definition) is 1. The molecule has 0 fully saturated rings. The number of amides is 2. The second-order valence-corrected chi connectivity index (χ2v) is 5.03. The van der Waals surface area contributed by atoms with Crippen molar-refractivity contribution >= 4 is 17.6 Å². The maximum atomic E-state index is 11.6. The van der Waals surface area contributed by atoms with Crippen molar-refractivity contribution in [1.29, 1.82) is 0 Å². The smallest absolute Gasteiger partial charge is 0.315 e. The second-order valence-electron chi connectivity index (χ2n) is 4.62. The molecule has 1 rings (SSSR count). The summed E-state index contributed by atoms with van der Waals surface area (Å²) in [6.07, 6.45) is 1.65. The van der Waals surface area contributed by atoms with Crippen molar-refractivity contribution in [2.75, 3.05) is 0 Å². The monoisotopic (exact) mass is 268 g/mol. The molecule has 0 radical (unpaired) electrons. The largest absolute Gasteiger partial charge is 0.336 e. The van der Waals surface area contributed by atoms with Crippen molar-refractivity contribution in [2.45, 2.75) is 45.7 Å². The van der Waals surface area contributed by atoms with E-state index in [4.69, 9.17) is 11.6 Å². The van der Waals surface area contributed by atoms with Gasteiger partial charge < -0.3 is 10.6 Å². The lowest BCUT2D eigenvalue weighted by Gasteiger charge is -2.17. The van der Waals surface area contributed by atoms with E-state index in [9.17, 15) is 4.79 Å². The molecule has 0 heterocycles. The highest BCUT2D eigenvalue weighted by Crippen LogP contribution is 2.16. The normalized spacial score (nSPS) is 13.8. The molecule has 1 aromatic carbocycles. The Bertz CT molecular complexity index is 395. The molecule has 2 N–H and O–H groups in total. The molecule has 0 saturated carbocycles. The number of nitrogens with one attached hydrogen (secondary N) is 2. The van der Waals surface area contributed by atoms with Gasteiger partial charge in [-0.3, -0.25) is 0 Å². The van der Waals surface area contributed by atoms with Gasteiger partial charge in [-0.15, -0.1) is 0 Å². The molecular weight excluding hydrogens is 248 g/mol. The first-order chi connectivity index (χ1) is 8.52. The summed E-state index contributed by atoms with van der Waals surface area (Å²) >= 11 is 6.08. The Kier molecular flexibility index (Phi) is 5.99. The highest BCUT2D eigenvalue weighted by Gasteiger charge is 2.10. The zero-order valence-electron chi connectivity index (χ0n) is 11.2. The minimum atomic E-state index is -0.121. The van der Waals surface area contributed by atoms with E-state index in [0.717, 1.165) is 23.4 Å². The van der Waals surface area contributed by atoms with Crippen LogP contribution in [0.25, 0.3) is 0 Å². The molecule has 0 aliphatic rings. The van der Waals surface area contributed by atoms with Gasteiger partial charge in [0.2, 0.25) is 0 Å². The standard InChI is InChI=1S/C14H21ClN2O/c1-4-10(2)16-14(18)17-11(3)9-12-7-5-6-8-13(12)15/h5-8,10-11H,4,9H2,1-3H3,(H2,16,17,18). The molecule has 1 aromatic rings. The molecule has 100 valence electrons. The van der Waals surface area contributed by atoms with E-state index in [1.54, 1.807) is 0 Å². The fraction of sp³-hybridized carbons (Fsp3) is 0.500. The van der Waals surface area contributed by atoms with Crippen LogP contribution in [0.4, 0.5) is 4.79 Å². The third-order valence-corrected chi connectivity index (χ3v) is 3.22. The molecule has 2 amide bonds. The van der Waals surface area contributed by atoms with Gasteiger partial charge in [-0.2, -0.15) is 0 Å². The summed E-state index contributed by atoms with van der Waals surface area (Å²) < 4.78 is 0. The van der Waals surface area contributed by atoms with Crippen molar-refractivity contribution in [3.8, 4) is 0 Å². The van der Waals surface area contributed by atoms with Crippen LogP contribution in [0.1, 0.15) is 32.8 Å². The van der Waals surface area contributed by atoms with E-state index < -0.39 is 0 Å². The first-order valence-corrected chi connectivity index (χ1v) is 6.71. The van der Waals surface area contributed by atoms with Gasteiger partial charge in [0.05, 0.1) is 0 Å². The zero-order chi connectivity index (χ0) is 13.5. The third kappa shape index (κ3) is 4.96. The van der Waals surface area contributed by atoms with Crippen molar-refractivity contribution in [3.63, 3.8) is 0 Å². The Morgan fingerprint density at radius 2 is 1.83 bits per heavy atom. The van der Waals surface area contributed by atoms with Gasteiger partial charge in [-0.05, 0) is 38.3 Å². The van der Waals surface area contributed by atoms with Gasteiger partial charge in [-0.25, -0.2) is 4.79 Å².